The van der Waals surface area contributed by atoms with Gasteiger partial charge in [-0.25, -0.2) is 0 Å². The molecule has 130 valence electrons. The number of hydrogen-bond acceptors (Lipinski definition) is 2. The normalized spacial score (nSPS) is 15.0. The second kappa shape index (κ2) is 7.09. The largest absolute Gasteiger partial charge is 0.328 e. The third kappa shape index (κ3) is 3.58. The van der Waals surface area contributed by atoms with Crippen molar-refractivity contribution in [2.75, 3.05) is 24.5 Å². The molecule has 25 heavy (non-hydrogen) atoms. The lowest BCUT2D eigenvalue weighted by atomic mass is 10.0. The van der Waals surface area contributed by atoms with E-state index < -0.39 is 0 Å². The number of anilines is 1. The molecule has 1 heterocycles. The maximum Gasteiger partial charge on any atom is 0.254 e. The van der Waals surface area contributed by atoms with Gasteiger partial charge < -0.3 is 9.80 Å². The molecule has 0 saturated carbocycles. The molecule has 0 bridgehead atoms. The van der Waals surface area contributed by atoms with E-state index in [9.17, 15) is 9.59 Å². The molecule has 2 amide bonds. The fourth-order valence-corrected chi connectivity index (χ4v) is 3.16. The number of benzene rings is 2. The SMILES string of the molecule is Cc1ccccc1N1CCN(C(=O)c2ccc(C(C)C)cc2)CC1=O. The highest BCUT2D eigenvalue weighted by atomic mass is 16.2. The zero-order valence-electron chi connectivity index (χ0n) is 15.0. The van der Waals surface area contributed by atoms with Gasteiger partial charge in [-0.1, -0.05) is 44.2 Å². The molecule has 0 aliphatic carbocycles. The van der Waals surface area contributed by atoms with Crippen molar-refractivity contribution in [3.05, 3.63) is 65.2 Å². The maximum absolute atomic E-state index is 12.7. The van der Waals surface area contributed by atoms with Crippen LogP contribution < -0.4 is 4.90 Å². The third-order valence-corrected chi connectivity index (χ3v) is 4.74. The van der Waals surface area contributed by atoms with Crippen molar-refractivity contribution in [3.8, 4) is 0 Å². The van der Waals surface area contributed by atoms with Gasteiger partial charge in [0.15, 0.2) is 0 Å². The first-order chi connectivity index (χ1) is 12.0. The number of nitrogens with zero attached hydrogens (tertiary/aromatic N) is 2. The molecular formula is C21H24N2O2. The van der Waals surface area contributed by atoms with Crippen LogP contribution >= 0.6 is 0 Å². The fourth-order valence-electron chi connectivity index (χ4n) is 3.16. The Morgan fingerprint density at radius 3 is 2.28 bits per heavy atom. The number of amides is 2. The van der Waals surface area contributed by atoms with E-state index in [-0.39, 0.29) is 18.4 Å². The Hall–Kier alpha value is -2.62. The molecule has 0 radical (unpaired) electrons. The molecule has 2 aromatic carbocycles. The number of rotatable bonds is 3. The van der Waals surface area contributed by atoms with Crippen LogP contribution in [0.4, 0.5) is 5.69 Å². The molecule has 0 unspecified atom stereocenters. The molecule has 1 fully saturated rings. The lowest BCUT2D eigenvalue weighted by Gasteiger charge is -2.35. The summed E-state index contributed by atoms with van der Waals surface area (Å²) in [7, 11) is 0. The van der Waals surface area contributed by atoms with E-state index in [1.165, 1.54) is 5.56 Å². The van der Waals surface area contributed by atoms with Crippen LogP contribution in [-0.2, 0) is 4.79 Å². The standard InChI is InChI=1S/C21H24N2O2/c1-15(2)17-8-10-18(11-9-17)21(25)22-12-13-23(20(24)14-22)19-7-5-4-6-16(19)3/h4-11,15H,12-14H2,1-3H3. The van der Waals surface area contributed by atoms with Crippen molar-refractivity contribution in [3.63, 3.8) is 0 Å². The van der Waals surface area contributed by atoms with Crippen LogP contribution in [0.3, 0.4) is 0 Å². The number of carbonyl (C=O) groups is 2. The molecule has 0 spiro atoms. The van der Waals surface area contributed by atoms with E-state index in [4.69, 9.17) is 0 Å². The van der Waals surface area contributed by atoms with Crippen molar-refractivity contribution in [1.82, 2.24) is 4.90 Å². The third-order valence-electron chi connectivity index (χ3n) is 4.74. The van der Waals surface area contributed by atoms with E-state index >= 15 is 0 Å². The van der Waals surface area contributed by atoms with E-state index in [1.54, 1.807) is 9.80 Å². The van der Waals surface area contributed by atoms with Gasteiger partial charge in [0, 0.05) is 24.3 Å². The number of aryl methyl sites for hydroxylation is 1. The van der Waals surface area contributed by atoms with E-state index in [1.807, 2.05) is 55.5 Å². The van der Waals surface area contributed by atoms with Gasteiger partial charge in [-0.15, -0.1) is 0 Å². The zero-order valence-corrected chi connectivity index (χ0v) is 15.0. The summed E-state index contributed by atoms with van der Waals surface area (Å²) < 4.78 is 0. The smallest absolute Gasteiger partial charge is 0.254 e. The van der Waals surface area contributed by atoms with Crippen molar-refractivity contribution in [2.24, 2.45) is 0 Å². The van der Waals surface area contributed by atoms with Crippen LogP contribution in [0.2, 0.25) is 0 Å². The number of carbonyl (C=O) groups excluding carboxylic acids is 2. The van der Waals surface area contributed by atoms with Crippen molar-refractivity contribution >= 4 is 17.5 Å². The summed E-state index contributed by atoms with van der Waals surface area (Å²) in [5.74, 6) is 0.323. The van der Waals surface area contributed by atoms with Gasteiger partial charge in [0.05, 0.1) is 0 Å². The minimum atomic E-state index is -0.0758. The van der Waals surface area contributed by atoms with Gasteiger partial charge in [-0.2, -0.15) is 0 Å². The van der Waals surface area contributed by atoms with Gasteiger partial charge in [0.1, 0.15) is 6.54 Å². The molecule has 4 nitrogen and oxygen atoms in total. The van der Waals surface area contributed by atoms with Crippen LogP contribution in [0.1, 0.15) is 41.3 Å². The lowest BCUT2D eigenvalue weighted by Crippen LogP contribution is -2.52. The van der Waals surface area contributed by atoms with Crippen LogP contribution in [-0.4, -0.2) is 36.3 Å². The number of piperazine rings is 1. The van der Waals surface area contributed by atoms with Crippen molar-refractivity contribution in [2.45, 2.75) is 26.7 Å². The first-order valence-electron chi connectivity index (χ1n) is 8.72. The van der Waals surface area contributed by atoms with Crippen LogP contribution in [0.25, 0.3) is 0 Å². The Kier molecular flexibility index (Phi) is 4.88. The van der Waals surface area contributed by atoms with Gasteiger partial charge in [0.25, 0.3) is 5.91 Å². The Balaban J connectivity index is 1.71. The first-order valence-corrected chi connectivity index (χ1v) is 8.72. The molecule has 0 aromatic heterocycles. The van der Waals surface area contributed by atoms with E-state index in [0.29, 0.717) is 24.6 Å². The number of hydrogen-bond donors (Lipinski definition) is 0. The summed E-state index contributed by atoms with van der Waals surface area (Å²) in [6.07, 6.45) is 0. The molecule has 0 N–H and O–H groups in total. The lowest BCUT2D eigenvalue weighted by molar-refractivity contribution is -0.120. The molecule has 1 aliphatic heterocycles. The van der Waals surface area contributed by atoms with Gasteiger partial charge in [0.2, 0.25) is 5.91 Å². The Morgan fingerprint density at radius 1 is 1.00 bits per heavy atom. The highest BCUT2D eigenvalue weighted by Crippen LogP contribution is 2.22. The second-order valence-corrected chi connectivity index (χ2v) is 6.84. The number of para-hydroxylation sites is 1. The monoisotopic (exact) mass is 336 g/mol. The second-order valence-electron chi connectivity index (χ2n) is 6.84. The maximum atomic E-state index is 12.7. The summed E-state index contributed by atoms with van der Waals surface area (Å²) in [5.41, 5.74) is 3.85. The van der Waals surface area contributed by atoms with Crippen LogP contribution in [0.5, 0.6) is 0 Å². The minimum Gasteiger partial charge on any atom is -0.328 e. The average molecular weight is 336 g/mol. The highest BCUT2D eigenvalue weighted by molar-refractivity contribution is 6.02. The molecule has 3 rings (SSSR count). The van der Waals surface area contributed by atoms with Crippen molar-refractivity contribution < 1.29 is 9.59 Å². The summed E-state index contributed by atoms with van der Waals surface area (Å²) in [6, 6.07) is 15.5. The van der Waals surface area contributed by atoms with Crippen LogP contribution in [0.15, 0.2) is 48.5 Å². The molecule has 2 aromatic rings. The molecular weight excluding hydrogens is 312 g/mol. The van der Waals surface area contributed by atoms with Gasteiger partial charge in [-0.05, 0) is 42.2 Å². The van der Waals surface area contributed by atoms with E-state index in [0.717, 1.165) is 11.3 Å². The summed E-state index contributed by atoms with van der Waals surface area (Å²) in [6.45, 7) is 7.44. The average Bonchev–Trinajstić information content (AvgIpc) is 2.62. The van der Waals surface area contributed by atoms with Crippen LogP contribution in [0, 0.1) is 6.92 Å². The minimum absolute atomic E-state index is 0.0345. The Labute approximate surface area is 149 Å². The summed E-state index contributed by atoms with van der Waals surface area (Å²) in [4.78, 5) is 28.7. The van der Waals surface area contributed by atoms with E-state index in [2.05, 4.69) is 13.8 Å². The zero-order chi connectivity index (χ0) is 18.0. The predicted octanol–water partition coefficient (Wildman–Crippen LogP) is 3.61. The Morgan fingerprint density at radius 2 is 1.68 bits per heavy atom. The quantitative estimate of drug-likeness (QED) is 0.859. The Bertz CT molecular complexity index is 781. The molecule has 1 aliphatic rings. The van der Waals surface area contributed by atoms with Gasteiger partial charge in [-0.3, -0.25) is 9.59 Å². The van der Waals surface area contributed by atoms with Crippen molar-refractivity contribution in [1.29, 1.82) is 0 Å². The summed E-state index contributed by atoms with van der Waals surface area (Å²) in [5, 5.41) is 0. The predicted molar refractivity (Wildman–Crippen MR) is 100.0 cm³/mol. The highest BCUT2D eigenvalue weighted by Gasteiger charge is 2.29. The molecule has 4 heteroatoms. The molecule has 1 saturated heterocycles. The summed E-state index contributed by atoms with van der Waals surface area (Å²) >= 11 is 0. The topological polar surface area (TPSA) is 40.6 Å². The fraction of sp³-hybridized carbons (Fsp3) is 0.333. The molecule has 0 atom stereocenters. The first kappa shape index (κ1) is 17.2. The van der Waals surface area contributed by atoms with Gasteiger partial charge >= 0.3 is 0 Å².